The number of aliphatic hydroxyl groups is 1. The van der Waals surface area contributed by atoms with E-state index in [1.165, 1.54) is 0 Å². The van der Waals surface area contributed by atoms with Crippen molar-refractivity contribution in [1.82, 2.24) is 4.90 Å². The molecule has 98 valence electrons. The maximum atomic E-state index is 12.2. The average Bonchev–Trinajstić information content (AvgIpc) is 2.27. The van der Waals surface area contributed by atoms with Gasteiger partial charge in [0.15, 0.2) is 0 Å². The number of rotatable bonds is 2. The second kappa shape index (κ2) is 4.44. The SMILES string of the molecule is CC(C)C1(O)CN(C(=O)c2cccc(N)c2Cl)C1. The van der Waals surface area contributed by atoms with Gasteiger partial charge in [-0.25, -0.2) is 0 Å². The quantitative estimate of drug-likeness (QED) is 0.804. The van der Waals surface area contributed by atoms with Crippen molar-refractivity contribution >= 4 is 23.2 Å². The third kappa shape index (κ3) is 2.06. The van der Waals surface area contributed by atoms with E-state index in [-0.39, 0.29) is 16.8 Å². The zero-order valence-electron chi connectivity index (χ0n) is 10.5. The fourth-order valence-corrected chi connectivity index (χ4v) is 2.22. The van der Waals surface area contributed by atoms with Crippen LogP contribution in [0.2, 0.25) is 5.02 Å². The van der Waals surface area contributed by atoms with Crippen molar-refractivity contribution in [1.29, 1.82) is 0 Å². The van der Waals surface area contributed by atoms with E-state index in [1.807, 2.05) is 13.8 Å². The highest BCUT2D eigenvalue weighted by Gasteiger charge is 2.46. The Morgan fingerprint density at radius 2 is 2.11 bits per heavy atom. The summed E-state index contributed by atoms with van der Waals surface area (Å²) in [6.45, 7) is 4.56. The number of hydrogen-bond acceptors (Lipinski definition) is 3. The maximum absolute atomic E-state index is 12.2. The first-order chi connectivity index (χ1) is 8.35. The Morgan fingerprint density at radius 3 is 2.67 bits per heavy atom. The van der Waals surface area contributed by atoms with Gasteiger partial charge in [-0.15, -0.1) is 0 Å². The van der Waals surface area contributed by atoms with Crippen LogP contribution in [0.15, 0.2) is 18.2 Å². The number of amides is 1. The van der Waals surface area contributed by atoms with Crippen molar-refractivity contribution in [2.24, 2.45) is 5.92 Å². The first-order valence-corrected chi connectivity index (χ1v) is 6.28. The van der Waals surface area contributed by atoms with Gasteiger partial charge in [0.2, 0.25) is 0 Å². The highest BCUT2D eigenvalue weighted by atomic mass is 35.5. The van der Waals surface area contributed by atoms with Crippen molar-refractivity contribution in [2.75, 3.05) is 18.8 Å². The van der Waals surface area contributed by atoms with Crippen LogP contribution in [0.4, 0.5) is 5.69 Å². The molecule has 1 heterocycles. The summed E-state index contributed by atoms with van der Waals surface area (Å²) in [5, 5.41) is 10.4. The van der Waals surface area contributed by atoms with E-state index in [4.69, 9.17) is 17.3 Å². The average molecular weight is 269 g/mol. The molecule has 1 aliphatic rings. The summed E-state index contributed by atoms with van der Waals surface area (Å²) in [6.07, 6.45) is 0. The molecule has 0 unspecified atom stereocenters. The van der Waals surface area contributed by atoms with Gasteiger partial charge in [0.05, 0.1) is 29.4 Å². The van der Waals surface area contributed by atoms with Gasteiger partial charge < -0.3 is 15.7 Å². The second-order valence-corrected chi connectivity index (χ2v) is 5.51. The molecular weight excluding hydrogens is 252 g/mol. The summed E-state index contributed by atoms with van der Waals surface area (Å²) in [4.78, 5) is 13.8. The van der Waals surface area contributed by atoms with Crippen LogP contribution in [0.1, 0.15) is 24.2 Å². The number of anilines is 1. The van der Waals surface area contributed by atoms with Crippen LogP contribution in [0.5, 0.6) is 0 Å². The van der Waals surface area contributed by atoms with Crippen LogP contribution in [0, 0.1) is 5.92 Å². The number of halogens is 1. The van der Waals surface area contributed by atoms with Gasteiger partial charge in [0, 0.05) is 0 Å². The Kier molecular flexibility index (Phi) is 3.25. The summed E-state index contributed by atoms with van der Waals surface area (Å²) in [6, 6.07) is 5.00. The summed E-state index contributed by atoms with van der Waals surface area (Å²) in [5.41, 5.74) is 5.67. The number of hydrogen-bond donors (Lipinski definition) is 2. The Morgan fingerprint density at radius 1 is 1.50 bits per heavy atom. The molecule has 0 atom stereocenters. The minimum Gasteiger partial charge on any atom is -0.398 e. The second-order valence-electron chi connectivity index (χ2n) is 5.13. The van der Waals surface area contributed by atoms with Crippen molar-refractivity contribution in [3.63, 3.8) is 0 Å². The zero-order valence-corrected chi connectivity index (χ0v) is 11.2. The summed E-state index contributed by atoms with van der Waals surface area (Å²) < 4.78 is 0. The summed E-state index contributed by atoms with van der Waals surface area (Å²) in [5.74, 6) is -0.0597. The molecule has 1 aromatic carbocycles. The molecule has 0 spiro atoms. The number of likely N-dealkylation sites (tertiary alicyclic amines) is 1. The third-order valence-electron chi connectivity index (χ3n) is 3.55. The molecule has 0 aliphatic carbocycles. The molecule has 4 nitrogen and oxygen atoms in total. The standard InChI is InChI=1S/C13H17ClN2O2/c1-8(2)13(18)6-16(7-13)12(17)9-4-3-5-10(15)11(9)14/h3-5,8,18H,6-7,15H2,1-2H3. The molecule has 1 aliphatic heterocycles. The number of β-amino-alcohol motifs (C(OH)–C–C–N with tert-alkyl or cyclic N) is 1. The van der Waals surface area contributed by atoms with Crippen molar-refractivity contribution in [3.8, 4) is 0 Å². The Hall–Kier alpha value is -1.26. The van der Waals surface area contributed by atoms with Gasteiger partial charge >= 0.3 is 0 Å². The molecule has 1 aromatic rings. The number of carbonyl (C=O) groups is 1. The van der Waals surface area contributed by atoms with E-state index in [0.29, 0.717) is 24.3 Å². The van der Waals surface area contributed by atoms with Crippen LogP contribution in [-0.2, 0) is 0 Å². The predicted molar refractivity (Wildman–Crippen MR) is 71.6 cm³/mol. The summed E-state index contributed by atoms with van der Waals surface area (Å²) in [7, 11) is 0. The fraction of sp³-hybridized carbons (Fsp3) is 0.462. The van der Waals surface area contributed by atoms with Gasteiger partial charge in [-0.2, -0.15) is 0 Å². The van der Waals surface area contributed by atoms with Crippen molar-refractivity contribution < 1.29 is 9.90 Å². The molecule has 18 heavy (non-hydrogen) atoms. The van der Waals surface area contributed by atoms with E-state index < -0.39 is 5.60 Å². The van der Waals surface area contributed by atoms with Gasteiger partial charge in [-0.3, -0.25) is 4.79 Å². The highest BCUT2D eigenvalue weighted by molar-refractivity contribution is 6.36. The van der Waals surface area contributed by atoms with Gasteiger partial charge in [-0.1, -0.05) is 31.5 Å². The van der Waals surface area contributed by atoms with E-state index in [2.05, 4.69) is 0 Å². The molecule has 0 bridgehead atoms. The van der Waals surface area contributed by atoms with E-state index in [9.17, 15) is 9.90 Å². The largest absolute Gasteiger partial charge is 0.398 e. The molecule has 1 fully saturated rings. The van der Waals surface area contributed by atoms with Crippen molar-refractivity contribution in [3.05, 3.63) is 28.8 Å². The molecule has 0 saturated carbocycles. The molecule has 5 heteroatoms. The lowest BCUT2D eigenvalue weighted by molar-refractivity contribution is -0.110. The van der Waals surface area contributed by atoms with E-state index in [0.717, 1.165) is 0 Å². The van der Waals surface area contributed by atoms with Crippen LogP contribution in [0.3, 0.4) is 0 Å². The lowest BCUT2D eigenvalue weighted by Gasteiger charge is -2.49. The Bertz CT molecular complexity index is 482. The topological polar surface area (TPSA) is 66.6 Å². The van der Waals surface area contributed by atoms with E-state index in [1.54, 1.807) is 23.1 Å². The molecule has 0 aromatic heterocycles. The number of benzene rings is 1. The molecule has 3 N–H and O–H groups in total. The first-order valence-electron chi connectivity index (χ1n) is 5.91. The Balaban J connectivity index is 2.13. The molecule has 2 rings (SSSR count). The lowest BCUT2D eigenvalue weighted by atomic mass is 9.82. The van der Waals surface area contributed by atoms with Crippen LogP contribution < -0.4 is 5.73 Å². The number of nitrogen functional groups attached to an aromatic ring is 1. The highest BCUT2D eigenvalue weighted by Crippen LogP contribution is 2.32. The normalized spacial score (nSPS) is 17.7. The molecular formula is C13H17ClN2O2. The first kappa shape index (κ1) is 13.2. The predicted octanol–water partition coefficient (Wildman–Crippen LogP) is 1.77. The minimum atomic E-state index is -0.775. The lowest BCUT2D eigenvalue weighted by Crippen LogP contribution is -2.65. The molecule has 0 radical (unpaired) electrons. The minimum absolute atomic E-state index is 0.123. The van der Waals surface area contributed by atoms with E-state index >= 15 is 0 Å². The van der Waals surface area contributed by atoms with Crippen molar-refractivity contribution in [2.45, 2.75) is 19.4 Å². The van der Waals surface area contributed by atoms with Crippen LogP contribution >= 0.6 is 11.6 Å². The molecule has 1 saturated heterocycles. The fourth-order valence-electron chi connectivity index (χ4n) is 2.01. The van der Waals surface area contributed by atoms with Crippen LogP contribution in [-0.4, -0.2) is 34.6 Å². The monoisotopic (exact) mass is 268 g/mol. The maximum Gasteiger partial charge on any atom is 0.255 e. The zero-order chi connectivity index (χ0) is 13.5. The smallest absolute Gasteiger partial charge is 0.255 e. The van der Waals surface area contributed by atoms with Gasteiger partial charge in [0.25, 0.3) is 5.91 Å². The van der Waals surface area contributed by atoms with Gasteiger partial charge in [-0.05, 0) is 18.1 Å². The third-order valence-corrected chi connectivity index (χ3v) is 3.97. The number of carbonyl (C=O) groups excluding carboxylic acids is 1. The van der Waals surface area contributed by atoms with Gasteiger partial charge in [0.1, 0.15) is 5.60 Å². The summed E-state index contributed by atoms with van der Waals surface area (Å²) >= 11 is 6.01. The Labute approximate surface area is 111 Å². The molecule has 1 amide bonds. The number of nitrogens with two attached hydrogens (primary N) is 1. The number of nitrogens with zero attached hydrogens (tertiary/aromatic N) is 1. The van der Waals surface area contributed by atoms with Crippen LogP contribution in [0.25, 0.3) is 0 Å².